The first-order valence-corrected chi connectivity index (χ1v) is 5.94. The van der Waals surface area contributed by atoms with E-state index in [0.717, 1.165) is 17.7 Å². The van der Waals surface area contributed by atoms with E-state index in [0.29, 0.717) is 5.92 Å². The number of aryl methyl sites for hydroxylation is 1. The van der Waals surface area contributed by atoms with Crippen molar-refractivity contribution < 1.29 is 4.74 Å². The molecule has 0 saturated carbocycles. The summed E-state index contributed by atoms with van der Waals surface area (Å²) in [6, 6.07) is 6.34. The zero-order valence-corrected chi connectivity index (χ0v) is 10.8. The molecule has 0 amide bonds. The van der Waals surface area contributed by atoms with Crippen LogP contribution in [0.4, 0.5) is 0 Å². The Morgan fingerprint density at radius 3 is 2.44 bits per heavy atom. The lowest BCUT2D eigenvalue weighted by Crippen LogP contribution is -2.11. The molecule has 2 nitrogen and oxygen atoms in total. The van der Waals surface area contributed by atoms with Gasteiger partial charge in [-0.25, -0.2) is 0 Å². The molecule has 0 radical (unpaired) electrons. The molecule has 0 aliphatic carbocycles. The van der Waals surface area contributed by atoms with Gasteiger partial charge in [0.1, 0.15) is 5.75 Å². The molecule has 2 N–H and O–H groups in total. The van der Waals surface area contributed by atoms with Crippen LogP contribution in [0.1, 0.15) is 43.9 Å². The third kappa shape index (κ3) is 3.53. The minimum absolute atomic E-state index is 0.145. The molecule has 0 saturated heterocycles. The average molecular weight is 221 g/mol. The van der Waals surface area contributed by atoms with E-state index in [1.807, 2.05) is 6.07 Å². The van der Waals surface area contributed by atoms with Gasteiger partial charge >= 0.3 is 0 Å². The predicted molar refractivity (Wildman–Crippen MR) is 68.7 cm³/mol. The molecule has 1 atom stereocenters. The van der Waals surface area contributed by atoms with Gasteiger partial charge in [-0.05, 0) is 42.9 Å². The van der Waals surface area contributed by atoms with Crippen LogP contribution in [0.15, 0.2) is 18.2 Å². The zero-order valence-electron chi connectivity index (χ0n) is 10.8. The van der Waals surface area contributed by atoms with Crippen LogP contribution >= 0.6 is 0 Å². The van der Waals surface area contributed by atoms with Crippen LogP contribution in [-0.4, -0.2) is 7.11 Å². The molecule has 0 fully saturated rings. The molecule has 0 heterocycles. The van der Waals surface area contributed by atoms with Crippen LogP contribution < -0.4 is 10.5 Å². The Kier molecular flexibility index (Phi) is 4.81. The molecule has 0 bridgehead atoms. The highest BCUT2D eigenvalue weighted by Gasteiger charge is 2.08. The van der Waals surface area contributed by atoms with Crippen LogP contribution in [0.3, 0.4) is 0 Å². The second kappa shape index (κ2) is 5.90. The largest absolute Gasteiger partial charge is 0.496 e. The van der Waals surface area contributed by atoms with Crippen LogP contribution in [0.25, 0.3) is 0 Å². The SMILES string of the molecule is COc1ccc(C(N)CCC(C)C)cc1C. The standard InChI is InChI=1S/C14H23NO/c1-10(2)5-7-13(15)12-6-8-14(16-4)11(3)9-12/h6,8-10,13H,5,7,15H2,1-4H3. The Morgan fingerprint density at radius 2 is 1.94 bits per heavy atom. The van der Waals surface area contributed by atoms with Crippen LogP contribution in [0.5, 0.6) is 5.75 Å². The lowest BCUT2D eigenvalue weighted by molar-refractivity contribution is 0.411. The maximum absolute atomic E-state index is 6.16. The van der Waals surface area contributed by atoms with Gasteiger partial charge in [0.25, 0.3) is 0 Å². The fraction of sp³-hybridized carbons (Fsp3) is 0.571. The molecule has 0 spiro atoms. The van der Waals surface area contributed by atoms with Gasteiger partial charge in [0, 0.05) is 6.04 Å². The Morgan fingerprint density at radius 1 is 1.25 bits per heavy atom. The molecule has 90 valence electrons. The van der Waals surface area contributed by atoms with Gasteiger partial charge in [-0.1, -0.05) is 26.0 Å². The van der Waals surface area contributed by atoms with Crippen molar-refractivity contribution in [1.82, 2.24) is 0 Å². The first-order chi connectivity index (χ1) is 7.54. The lowest BCUT2D eigenvalue weighted by Gasteiger charge is -2.15. The molecule has 16 heavy (non-hydrogen) atoms. The normalized spacial score (nSPS) is 12.9. The van der Waals surface area contributed by atoms with Gasteiger partial charge in [0.15, 0.2) is 0 Å². The van der Waals surface area contributed by atoms with Gasteiger partial charge in [-0.3, -0.25) is 0 Å². The highest BCUT2D eigenvalue weighted by molar-refractivity contribution is 5.37. The van der Waals surface area contributed by atoms with Gasteiger partial charge in [-0.2, -0.15) is 0 Å². The van der Waals surface area contributed by atoms with E-state index in [1.165, 1.54) is 12.0 Å². The monoisotopic (exact) mass is 221 g/mol. The van der Waals surface area contributed by atoms with E-state index in [-0.39, 0.29) is 6.04 Å². The van der Waals surface area contributed by atoms with Crippen LogP contribution in [0, 0.1) is 12.8 Å². The summed E-state index contributed by atoms with van der Waals surface area (Å²) in [5.74, 6) is 1.64. The van der Waals surface area contributed by atoms with Crippen molar-refractivity contribution in [2.75, 3.05) is 7.11 Å². The summed E-state index contributed by atoms with van der Waals surface area (Å²) in [5, 5.41) is 0. The topological polar surface area (TPSA) is 35.2 Å². The molecule has 1 aromatic rings. The average Bonchev–Trinajstić information content (AvgIpc) is 2.25. The van der Waals surface area contributed by atoms with Crippen molar-refractivity contribution in [3.05, 3.63) is 29.3 Å². The van der Waals surface area contributed by atoms with E-state index in [1.54, 1.807) is 7.11 Å². The minimum atomic E-state index is 0.145. The number of nitrogens with two attached hydrogens (primary N) is 1. The van der Waals surface area contributed by atoms with E-state index in [2.05, 4.69) is 32.9 Å². The second-order valence-electron chi connectivity index (χ2n) is 4.81. The Labute approximate surface area is 98.8 Å². The molecular weight excluding hydrogens is 198 g/mol. The smallest absolute Gasteiger partial charge is 0.121 e. The van der Waals surface area contributed by atoms with Gasteiger partial charge in [0.2, 0.25) is 0 Å². The van der Waals surface area contributed by atoms with E-state index >= 15 is 0 Å². The quantitative estimate of drug-likeness (QED) is 0.826. The van der Waals surface area contributed by atoms with Crippen LogP contribution in [-0.2, 0) is 0 Å². The number of hydrogen-bond donors (Lipinski definition) is 1. The number of rotatable bonds is 5. The van der Waals surface area contributed by atoms with Crippen molar-refractivity contribution in [3.63, 3.8) is 0 Å². The summed E-state index contributed by atoms with van der Waals surface area (Å²) in [6.07, 6.45) is 2.22. The lowest BCUT2D eigenvalue weighted by atomic mass is 9.97. The number of ether oxygens (including phenoxy) is 1. The third-order valence-electron chi connectivity index (χ3n) is 2.90. The van der Waals surface area contributed by atoms with E-state index in [4.69, 9.17) is 10.5 Å². The summed E-state index contributed by atoms with van der Waals surface area (Å²) in [6.45, 7) is 6.51. The summed E-state index contributed by atoms with van der Waals surface area (Å²) in [5.41, 5.74) is 8.52. The first kappa shape index (κ1) is 13.0. The molecule has 1 aromatic carbocycles. The molecule has 0 aliphatic rings. The van der Waals surface area contributed by atoms with Gasteiger partial charge in [0.05, 0.1) is 7.11 Å². The molecule has 0 aliphatic heterocycles. The number of methoxy groups -OCH3 is 1. The Hall–Kier alpha value is -1.02. The van der Waals surface area contributed by atoms with Crippen molar-refractivity contribution in [1.29, 1.82) is 0 Å². The maximum Gasteiger partial charge on any atom is 0.121 e. The third-order valence-corrected chi connectivity index (χ3v) is 2.90. The Balaban J connectivity index is 2.69. The van der Waals surface area contributed by atoms with Crippen molar-refractivity contribution >= 4 is 0 Å². The second-order valence-corrected chi connectivity index (χ2v) is 4.81. The Bertz CT molecular complexity index is 334. The summed E-state index contributed by atoms with van der Waals surface area (Å²) < 4.78 is 5.24. The molecule has 2 heteroatoms. The fourth-order valence-corrected chi connectivity index (χ4v) is 1.81. The van der Waals surface area contributed by atoms with Crippen LogP contribution in [0.2, 0.25) is 0 Å². The minimum Gasteiger partial charge on any atom is -0.496 e. The van der Waals surface area contributed by atoms with Crippen molar-refractivity contribution in [2.45, 2.75) is 39.7 Å². The molecular formula is C14H23NO. The fourth-order valence-electron chi connectivity index (χ4n) is 1.81. The van der Waals surface area contributed by atoms with Gasteiger partial charge in [-0.15, -0.1) is 0 Å². The highest BCUT2D eigenvalue weighted by Crippen LogP contribution is 2.24. The highest BCUT2D eigenvalue weighted by atomic mass is 16.5. The van der Waals surface area contributed by atoms with E-state index in [9.17, 15) is 0 Å². The summed E-state index contributed by atoms with van der Waals surface area (Å²) in [7, 11) is 1.70. The molecule has 0 aromatic heterocycles. The number of benzene rings is 1. The number of hydrogen-bond acceptors (Lipinski definition) is 2. The van der Waals surface area contributed by atoms with E-state index < -0.39 is 0 Å². The van der Waals surface area contributed by atoms with Crippen molar-refractivity contribution in [2.24, 2.45) is 11.7 Å². The predicted octanol–water partition coefficient (Wildman–Crippen LogP) is 3.44. The molecule has 1 rings (SSSR count). The summed E-state index contributed by atoms with van der Waals surface area (Å²) >= 11 is 0. The maximum atomic E-state index is 6.16. The summed E-state index contributed by atoms with van der Waals surface area (Å²) in [4.78, 5) is 0. The molecule has 1 unspecified atom stereocenters. The van der Waals surface area contributed by atoms with Crippen molar-refractivity contribution in [3.8, 4) is 5.75 Å². The first-order valence-electron chi connectivity index (χ1n) is 5.94. The zero-order chi connectivity index (χ0) is 12.1. The van der Waals surface area contributed by atoms with Gasteiger partial charge < -0.3 is 10.5 Å².